The first-order chi connectivity index (χ1) is 9.06. The first-order valence-electron chi connectivity index (χ1n) is 7.30. The molecular weight excluding hydrogens is 240 g/mol. The molecule has 19 heavy (non-hydrogen) atoms. The summed E-state index contributed by atoms with van der Waals surface area (Å²) in [5.41, 5.74) is 0. The van der Waals surface area contributed by atoms with Gasteiger partial charge < -0.3 is 0 Å². The van der Waals surface area contributed by atoms with E-state index in [4.69, 9.17) is 0 Å². The van der Waals surface area contributed by atoms with E-state index in [-0.39, 0.29) is 23.3 Å². The monoisotopic (exact) mass is 260 g/mol. The van der Waals surface area contributed by atoms with Gasteiger partial charge in [0.25, 0.3) is 0 Å². The molecule has 3 nitrogen and oxygen atoms in total. The maximum absolute atomic E-state index is 12.0. The molecule has 0 radical (unpaired) electrons. The predicted molar refractivity (Wildman–Crippen MR) is 70.4 cm³/mol. The van der Waals surface area contributed by atoms with Crippen molar-refractivity contribution in [3.63, 3.8) is 0 Å². The van der Waals surface area contributed by atoms with Gasteiger partial charge in [-0.3, -0.25) is 14.4 Å². The van der Waals surface area contributed by atoms with Gasteiger partial charge in [0.2, 0.25) is 0 Å². The number of allylic oxidation sites excluding steroid dienone is 2. The Morgan fingerprint density at radius 1 is 1.00 bits per heavy atom. The van der Waals surface area contributed by atoms with E-state index in [1.165, 1.54) is 13.3 Å². The summed E-state index contributed by atoms with van der Waals surface area (Å²) in [5, 5.41) is 0. The largest absolute Gasteiger partial charge is 0.299 e. The number of Topliss-reactive ketones (excluding diaryl/α,β-unsaturated/α-hetero) is 3. The average molecular weight is 260 g/mol. The Morgan fingerprint density at radius 2 is 1.63 bits per heavy atom. The highest BCUT2D eigenvalue weighted by atomic mass is 16.2. The van der Waals surface area contributed by atoms with Crippen LogP contribution < -0.4 is 0 Å². The standard InChI is InChI=1S/C16H20O3/c1-9(17)16-14(18)7-13(8-15(16)19)12-5-3-10-2-4-11(10)6-12/h2,4,10-13,16H,3,5-8H2,1H3. The Bertz CT molecular complexity index is 445. The molecule has 0 aliphatic heterocycles. The third-order valence-electron chi connectivity index (χ3n) is 5.25. The average Bonchev–Trinajstić information content (AvgIpc) is 2.29. The number of ketones is 3. The van der Waals surface area contributed by atoms with Gasteiger partial charge in [0.05, 0.1) is 0 Å². The van der Waals surface area contributed by atoms with Crippen LogP contribution in [0.4, 0.5) is 0 Å². The van der Waals surface area contributed by atoms with Crippen molar-refractivity contribution in [1.29, 1.82) is 0 Å². The van der Waals surface area contributed by atoms with E-state index in [1.54, 1.807) is 0 Å². The Balaban J connectivity index is 1.67. The summed E-state index contributed by atoms with van der Waals surface area (Å²) < 4.78 is 0. The normalized spacial score (nSPS) is 41.6. The van der Waals surface area contributed by atoms with Gasteiger partial charge in [0.15, 0.2) is 11.6 Å². The summed E-state index contributed by atoms with van der Waals surface area (Å²) in [6.07, 6.45) is 8.86. The second kappa shape index (κ2) is 4.69. The van der Waals surface area contributed by atoms with Crippen molar-refractivity contribution in [2.75, 3.05) is 0 Å². The van der Waals surface area contributed by atoms with Crippen molar-refractivity contribution < 1.29 is 14.4 Å². The van der Waals surface area contributed by atoms with Gasteiger partial charge >= 0.3 is 0 Å². The minimum absolute atomic E-state index is 0.139. The number of carbonyl (C=O) groups excluding carboxylic acids is 3. The maximum Gasteiger partial charge on any atom is 0.151 e. The minimum atomic E-state index is -0.948. The molecule has 0 spiro atoms. The molecule has 3 aliphatic rings. The second-order valence-corrected chi connectivity index (χ2v) is 6.43. The number of carbonyl (C=O) groups is 3. The zero-order valence-corrected chi connectivity index (χ0v) is 11.3. The number of fused-ring (bicyclic) bond motifs is 1. The molecule has 102 valence electrons. The molecule has 2 fully saturated rings. The third kappa shape index (κ3) is 2.19. The van der Waals surface area contributed by atoms with E-state index in [0.717, 1.165) is 18.8 Å². The van der Waals surface area contributed by atoms with Crippen molar-refractivity contribution in [2.45, 2.75) is 39.0 Å². The fourth-order valence-corrected chi connectivity index (χ4v) is 4.08. The van der Waals surface area contributed by atoms with Crippen LogP contribution in [-0.2, 0) is 14.4 Å². The lowest BCUT2D eigenvalue weighted by molar-refractivity contribution is -0.143. The van der Waals surface area contributed by atoms with Crippen LogP contribution in [-0.4, -0.2) is 17.3 Å². The molecule has 3 heteroatoms. The van der Waals surface area contributed by atoms with E-state index in [2.05, 4.69) is 12.2 Å². The van der Waals surface area contributed by atoms with Gasteiger partial charge in [-0.1, -0.05) is 12.2 Å². The molecule has 3 unspecified atom stereocenters. The highest BCUT2D eigenvalue weighted by Crippen LogP contribution is 2.46. The number of hydrogen-bond acceptors (Lipinski definition) is 3. The molecular formula is C16H20O3. The van der Waals surface area contributed by atoms with Gasteiger partial charge in [-0.2, -0.15) is 0 Å². The van der Waals surface area contributed by atoms with Crippen LogP contribution in [0, 0.1) is 29.6 Å². The summed E-state index contributed by atoms with van der Waals surface area (Å²) in [7, 11) is 0. The smallest absolute Gasteiger partial charge is 0.151 e. The zero-order valence-electron chi connectivity index (χ0n) is 11.3. The molecule has 3 rings (SSSR count). The summed E-state index contributed by atoms with van der Waals surface area (Å²) in [6, 6.07) is 0. The minimum Gasteiger partial charge on any atom is -0.299 e. The molecule has 0 amide bonds. The fraction of sp³-hybridized carbons (Fsp3) is 0.688. The predicted octanol–water partition coefficient (Wildman–Crippen LogP) is 2.34. The highest BCUT2D eigenvalue weighted by molar-refractivity contribution is 6.20. The molecule has 3 atom stereocenters. The first-order valence-corrected chi connectivity index (χ1v) is 7.30. The molecule has 0 N–H and O–H groups in total. The van der Waals surface area contributed by atoms with Gasteiger partial charge in [-0.15, -0.1) is 0 Å². The van der Waals surface area contributed by atoms with E-state index in [0.29, 0.717) is 24.7 Å². The van der Waals surface area contributed by atoms with Crippen molar-refractivity contribution in [3.8, 4) is 0 Å². The van der Waals surface area contributed by atoms with E-state index in [9.17, 15) is 14.4 Å². The lowest BCUT2D eigenvalue weighted by Gasteiger charge is -2.42. The lowest BCUT2D eigenvalue weighted by Crippen LogP contribution is -2.41. The van der Waals surface area contributed by atoms with Crippen LogP contribution in [0.5, 0.6) is 0 Å². The Labute approximate surface area is 113 Å². The SMILES string of the molecule is CC(=O)C1C(=O)CC(C2CCC3C=CC3C2)CC1=O. The van der Waals surface area contributed by atoms with Crippen LogP contribution in [0.1, 0.15) is 39.0 Å². The van der Waals surface area contributed by atoms with Crippen LogP contribution in [0.3, 0.4) is 0 Å². The molecule has 0 aromatic carbocycles. The second-order valence-electron chi connectivity index (χ2n) is 6.43. The van der Waals surface area contributed by atoms with Gasteiger partial charge in [0, 0.05) is 12.8 Å². The van der Waals surface area contributed by atoms with Crippen LogP contribution in [0.15, 0.2) is 12.2 Å². The number of hydrogen-bond donors (Lipinski definition) is 0. The van der Waals surface area contributed by atoms with Crippen molar-refractivity contribution in [1.82, 2.24) is 0 Å². The Kier molecular flexibility index (Phi) is 3.15. The maximum atomic E-state index is 12.0. The summed E-state index contributed by atoms with van der Waals surface area (Å²) in [4.78, 5) is 35.4. The van der Waals surface area contributed by atoms with Gasteiger partial charge in [0.1, 0.15) is 11.7 Å². The molecule has 2 saturated carbocycles. The third-order valence-corrected chi connectivity index (χ3v) is 5.25. The van der Waals surface area contributed by atoms with Crippen LogP contribution in [0.2, 0.25) is 0 Å². The van der Waals surface area contributed by atoms with Crippen LogP contribution in [0.25, 0.3) is 0 Å². The molecule has 3 aliphatic carbocycles. The fourth-order valence-electron chi connectivity index (χ4n) is 4.08. The van der Waals surface area contributed by atoms with Crippen molar-refractivity contribution in [3.05, 3.63) is 12.2 Å². The quantitative estimate of drug-likeness (QED) is 0.565. The summed E-state index contributed by atoms with van der Waals surface area (Å²) in [5.74, 6) is 0.596. The summed E-state index contributed by atoms with van der Waals surface area (Å²) >= 11 is 0. The molecule has 0 bridgehead atoms. The topological polar surface area (TPSA) is 51.2 Å². The van der Waals surface area contributed by atoms with E-state index < -0.39 is 5.92 Å². The van der Waals surface area contributed by atoms with E-state index in [1.807, 2.05) is 0 Å². The molecule has 0 aromatic heterocycles. The van der Waals surface area contributed by atoms with Gasteiger partial charge in [-0.05, 0) is 49.9 Å². The lowest BCUT2D eigenvalue weighted by atomic mass is 9.62. The number of rotatable bonds is 2. The molecule has 0 heterocycles. The highest BCUT2D eigenvalue weighted by Gasteiger charge is 2.43. The Hall–Kier alpha value is -1.25. The molecule has 0 aromatic rings. The van der Waals surface area contributed by atoms with Crippen molar-refractivity contribution >= 4 is 17.3 Å². The first kappa shape index (κ1) is 12.8. The molecule has 0 saturated heterocycles. The summed E-state index contributed by atoms with van der Waals surface area (Å²) in [6.45, 7) is 1.35. The Morgan fingerprint density at radius 3 is 2.11 bits per heavy atom. The zero-order chi connectivity index (χ0) is 13.6. The van der Waals surface area contributed by atoms with Crippen LogP contribution >= 0.6 is 0 Å². The van der Waals surface area contributed by atoms with Gasteiger partial charge in [-0.25, -0.2) is 0 Å². The van der Waals surface area contributed by atoms with Crippen molar-refractivity contribution in [2.24, 2.45) is 29.6 Å². The van der Waals surface area contributed by atoms with E-state index >= 15 is 0 Å².